The van der Waals surface area contributed by atoms with E-state index in [4.69, 9.17) is 4.74 Å². The van der Waals surface area contributed by atoms with Crippen LogP contribution in [0.5, 0.6) is 5.75 Å². The molecule has 0 saturated carbocycles. The second-order valence-electron chi connectivity index (χ2n) is 5.52. The first-order valence-electron chi connectivity index (χ1n) is 7.48. The fourth-order valence-electron chi connectivity index (χ4n) is 2.74. The van der Waals surface area contributed by atoms with Gasteiger partial charge in [0.15, 0.2) is 0 Å². The van der Waals surface area contributed by atoms with Crippen LogP contribution in [0.2, 0.25) is 0 Å². The first-order valence-corrected chi connectivity index (χ1v) is 8.46. The van der Waals surface area contributed by atoms with Gasteiger partial charge in [-0.15, -0.1) is 11.8 Å². The Morgan fingerprint density at radius 3 is 2.88 bits per heavy atom. The van der Waals surface area contributed by atoms with Crippen LogP contribution >= 0.6 is 11.8 Å². The zero-order chi connectivity index (χ0) is 16.2. The SMILES string of the molecule is COc1ccc2c(c1)CN(Cc1cccc(C(=O)[O-])c1)CCS2.[K+]. The zero-order valence-electron chi connectivity index (χ0n) is 14.0. The van der Waals surface area contributed by atoms with Crippen LogP contribution in [-0.4, -0.2) is 30.3 Å². The van der Waals surface area contributed by atoms with Crippen molar-refractivity contribution in [3.05, 3.63) is 59.2 Å². The molecule has 0 radical (unpaired) electrons. The van der Waals surface area contributed by atoms with E-state index in [1.807, 2.05) is 23.9 Å². The summed E-state index contributed by atoms with van der Waals surface area (Å²) >= 11 is 1.85. The molecule has 0 atom stereocenters. The van der Waals surface area contributed by atoms with E-state index < -0.39 is 5.97 Å². The molecule has 1 aliphatic rings. The Morgan fingerprint density at radius 2 is 2.12 bits per heavy atom. The van der Waals surface area contributed by atoms with E-state index in [2.05, 4.69) is 17.0 Å². The number of hydrogen-bond acceptors (Lipinski definition) is 5. The second kappa shape index (κ2) is 9.38. The molecule has 2 aromatic rings. The molecule has 1 heterocycles. The van der Waals surface area contributed by atoms with Crippen molar-refractivity contribution < 1.29 is 66.0 Å². The molecule has 1 aliphatic heterocycles. The monoisotopic (exact) mass is 367 g/mol. The molecule has 0 unspecified atom stereocenters. The number of methoxy groups -OCH3 is 1. The molecule has 0 bridgehead atoms. The van der Waals surface area contributed by atoms with Crippen molar-refractivity contribution in [2.45, 2.75) is 18.0 Å². The third kappa shape index (κ3) is 5.08. The van der Waals surface area contributed by atoms with E-state index in [-0.39, 0.29) is 56.9 Å². The largest absolute Gasteiger partial charge is 1.00 e. The minimum Gasteiger partial charge on any atom is -0.545 e. The van der Waals surface area contributed by atoms with Gasteiger partial charge in [-0.25, -0.2) is 0 Å². The molecular weight excluding hydrogens is 349 g/mol. The van der Waals surface area contributed by atoms with Crippen LogP contribution in [0.1, 0.15) is 21.5 Å². The Balaban J connectivity index is 0.00000208. The molecule has 0 N–H and O–H groups in total. The first-order chi connectivity index (χ1) is 11.2. The summed E-state index contributed by atoms with van der Waals surface area (Å²) in [5.41, 5.74) is 2.47. The van der Waals surface area contributed by atoms with E-state index in [9.17, 15) is 9.90 Å². The van der Waals surface area contributed by atoms with E-state index in [0.717, 1.165) is 36.7 Å². The summed E-state index contributed by atoms with van der Waals surface area (Å²) in [7, 11) is 1.68. The quantitative estimate of drug-likeness (QED) is 0.661. The fraction of sp³-hybridized carbons (Fsp3) is 0.278. The Hall–Kier alpha value is -0.344. The van der Waals surface area contributed by atoms with Crippen LogP contribution in [0, 0.1) is 0 Å². The topological polar surface area (TPSA) is 52.6 Å². The molecule has 24 heavy (non-hydrogen) atoms. The van der Waals surface area contributed by atoms with Crippen molar-refractivity contribution in [2.75, 3.05) is 19.4 Å². The Morgan fingerprint density at radius 1 is 1.29 bits per heavy atom. The van der Waals surface area contributed by atoms with Crippen molar-refractivity contribution in [2.24, 2.45) is 0 Å². The van der Waals surface area contributed by atoms with Gasteiger partial charge in [0.2, 0.25) is 0 Å². The molecular formula is C18H18KNO3S. The average molecular weight is 368 g/mol. The summed E-state index contributed by atoms with van der Waals surface area (Å²) in [5.74, 6) is 0.748. The van der Waals surface area contributed by atoms with Crippen LogP contribution in [0.4, 0.5) is 0 Å². The van der Waals surface area contributed by atoms with Gasteiger partial charge in [0.25, 0.3) is 0 Å². The summed E-state index contributed by atoms with van der Waals surface area (Å²) in [4.78, 5) is 14.6. The Kier molecular flexibility index (Phi) is 7.81. The minimum absolute atomic E-state index is 0. The van der Waals surface area contributed by atoms with E-state index in [1.165, 1.54) is 10.5 Å². The third-order valence-corrected chi connectivity index (χ3v) is 4.99. The number of hydrogen-bond donors (Lipinski definition) is 0. The number of carboxylic acid groups (broad SMARTS) is 1. The van der Waals surface area contributed by atoms with Gasteiger partial charge >= 0.3 is 51.4 Å². The molecule has 0 aromatic heterocycles. The van der Waals surface area contributed by atoms with E-state index in [1.54, 1.807) is 25.3 Å². The number of ether oxygens (including phenoxy) is 1. The number of rotatable bonds is 4. The number of fused-ring (bicyclic) bond motifs is 1. The molecule has 0 saturated heterocycles. The van der Waals surface area contributed by atoms with Gasteiger partial charge in [0.05, 0.1) is 13.1 Å². The first kappa shape index (κ1) is 20.0. The summed E-state index contributed by atoms with van der Waals surface area (Å²) < 4.78 is 5.32. The van der Waals surface area contributed by atoms with E-state index >= 15 is 0 Å². The van der Waals surface area contributed by atoms with Crippen LogP contribution < -0.4 is 61.2 Å². The Bertz CT molecular complexity index is 723. The number of nitrogens with zero attached hydrogens (tertiary/aromatic N) is 1. The average Bonchev–Trinajstić information content (AvgIpc) is 2.75. The summed E-state index contributed by atoms with van der Waals surface area (Å²) in [6.45, 7) is 2.50. The minimum atomic E-state index is -1.13. The van der Waals surface area contributed by atoms with Crippen molar-refractivity contribution in [1.29, 1.82) is 0 Å². The van der Waals surface area contributed by atoms with Crippen molar-refractivity contribution >= 4 is 17.7 Å². The van der Waals surface area contributed by atoms with Gasteiger partial charge in [-0.05, 0) is 41.0 Å². The number of aromatic carboxylic acids is 1. The number of carboxylic acids is 1. The maximum absolute atomic E-state index is 11.0. The maximum Gasteiger partial charge on any atom is 1.00 e. The smallest absolute Gasteiger partial charge is 0.545 e. The van der Waals surface area contributed by atoms with Crippen LogP contribution in [-0.2, 0) is 13.1 Å². The van der Waals surface area contributed by atoms with Crippen LogP contribution in [0.15, 0.2) is 47.4 Å². The number of benzene rings is 2. The molecule has 120 valence electrons. The zero-order valence-corrected chi connectivity index (χ0v) is 17.9. The number of carbonyl (C=O) groups is 1. The van der Waals surface area contributed by atoms with Crippen molar-refractivity contribution in [3.8, 4) is 5.75 Å². The standard InChI is InChI=1S/C18H19NO3S.K/c1-22-16-5-6-17-15(10-16)12-19(7-8-23-17)11-13-3-2-4-14(9-13)18(20)21;/h2-6,9-10H,7-8,11-12H2,1H3,(H,20,21);/q;+1/p-1. The summed E-state index contributed by atoms with van der Waals surface area (Å²) in [6, 6.07) is 13.2. The van der Waals surface area contributed by atoms with Gasteiger partial charge in [0, 0.05) is 30.3 Å². The number of thioether (sulfide) groups is 1. The van der Waals surface area contributed by atoms with Crippen LogP contribution in [0.3, 0.4) is 0 Å². The molecule has 0 aliphatic carbocycles. The van der Waals surface area contributed by atoms with Gasteiger partial charge in [-0.3, -0.25) is 4.90 Å². The summed E-state index contributed by atoms with van der Waals surface area (Å²) in [5, 5.41) is 11.0. The van der Waals surface area contributed by atoms with Gasteiger partial charge < -0.3 is 14.6 Å². The van der Waals surface area contributed by atoms with Gasteiger partial charge in [0.1, 0.15) is 5.75 Å². The van der Waals surface area contributed by atoms with E-state index in [0.29, 0.717) is 0 Å². The molecule has 3 rings (SSSR count). The molecule has 0 spiro atoms. The predicted octanol–water partition coefficient (Wildman–Crippen LogP) is -0.829. The third-order valence-electron chi connectivity index (χ3n) is 3.90. The molecule has 2 aromatic carbocycles. The van der Waals surface area contributed by atoms with Crippen LogP contribution in [0.25, 0.3) is 0 Å². The normalized spacial score (nSPS) is 14.2. The van der Waals surface area contributed by atoms with Gasteiger partial charge in [-0.1, -0.05) is 18.2 Å². The Labute approximate surface area is 189 Å². The molecule has 4 nitrogen and oxygen atoms in total. The fourth-order valence-corrected chi connectivity index (χ4v) is 3.78. The maximum atomic E-state index is 11.0. The van der Waals surface area contributed by atoms with Crippen molar-refractivity contribution in [1.82, 2.24) is 4.90 Å². The summed E-state index contributed by atoms with van der Waals surface area (Å²) in [6.07, 6.45) is 0. The number of carbonyl (C=O) groups excluding carboxylic acids is 1. The predicted molar refractivity (Wildman–Crippen MR) is 88.6 cm³/mol. The molecule has 0 fully saturated rings. The van der Waals surface area contributed by atoms with Gasteiger partial charge in [-0.2, -0.15) is 0 Å². The molecule has 0 amide bonds. The molecule has 6 heteroatoms. The van der Waals surface area contributed by atoms with Crippen molar-refractivity contribution in [3.63, 3.8) is 0 Å². The second-order valence-corrected chi connectivity index (χ2v) is 6.66.